The SMILES string of the molecule is O=C(N/N=C\c1cn(-c2ccccc2)nc1-c1ccc(OCc2ccccc2)cc1)c1cnccn1. The van der Waals surface area contributed by atoms with E-state index in [1.807, 2.05) is 91.1 Å². The summed E-state index contributed by atoms with van der Waals surface area (Å²) < 4.78 is 7.69. The molecule has 0 aliphatic heterocycles. The molecule has 0 saturated carbocycles. The monoisotopic (exact) mass is 474 g/mol. The van der Waals surface area contributed by atoms with Crippen molar-refractivity contribution in [2.45, 2.75) is 6.61 Å². The van der Waals surface area contributed by atoms with Gasteiger partial charge in [0.15, 0.2) is 0 Å². The van der Waals surface area contributed by atoms with E-state index in [4.69, 9.17) is 9.84 Å². The minimum Gasteiger partial charge on any atom is -0.489 e. The number of aromatic nitrogens is 4. The van der Waals surface area contributed by atoms with Crippen molar-refractivity contribution in [3.63, 3.8) is 0 Å². The number of hydrogen-bond donors (Lipinski definition) is 1. The van der Waals surface area contributed by atoms with Crippen LogP contribution in [0.5, 0.6) is 5.75 Å². The molecular weight excluding hydrogens is 452 g/mol. The summed E-state index contributed by atoms with van der Waals surface area (Å²) >= 11 is 0. The largest absolute Gasteiger partial charge is 0.489 e. The summed E-state index contributed by atoms with van der Waals surface area (Å²) in [4.78, 5) is 20.1. The second kappa shape index (κ2) is 10.9. The molecule has 2 aromatic heterocycles. The Bertz CT molecular complexity index is 1450. The van der Waals surface area contributed by atoms with Crippen LogP contribution < -0.4 is 10.2 Å². The number of rotatable bonds is 8. The molecule has 8 heteroatoms. The molecule has 5 aromatic rings. The lowest BCUT2D eigenvalue weighted by molar-refractivity contribution is 0.0949. The van der Waals surface area contributed by atoms with E-state index in [2.05, 4.69) is 20.5 Å². The number of para-hydroxylation sites is 1. The fourth-order valence-corrected chi connectivity index (χ4v) is 3.50. The van der Waals surface area contributed by atoms with E-state index in [0.717, 1.165) is 28.1 Å². The average molecular weight is 475 g/mol. The van der Waals surface area contributed by atoms with Gasteiger partial charge >= 0.3 is 0 Å². The van der Waals surface area contributed by atoms with Crippen molar-refractivity contribution < 1.29 is 9.53 Å². The highest BCUT2D eigenvalue weighted by atomic mass is 16.5. The lowest BCUT2D eigenvalue weighted by Gasteiger charge is -2.07. The molecule has 0 aliphatic rings. The molecule has 3 aromatic carbocycles. The first-order valence-electron chi connectivity index (χ1n) is 11.3. The Morgan fingerprint density at radius 3 is 2.42 bits per heavy atom. The maximum absolute atomic E-state index is 12.3. The molecule has 0 atom stereocenters. The van der Waals surface area contributed by atoms with Gasteiger partial charge in [-0.25, -0.2) is 15.1 Å². The number of carbonyl (C=O) groups is 1. The molecule has 0 fully saturated rings. The summed E-state index contributed by atoms with van der Waals surface area (Å²) in [7, 11) is 0. The highest BCUT2D eigenvalue weighted by Gasteiger charge is 2.12. The van der Waals surface area contributed by atoms with Crippen LogP contribution in [-0.4, -0.2) is 31.9 Å². The van der Waals surface area contributed by atoms with Crippen molar-refractivity contribution >= 4 is 12.1 Å². The molecule has 176 valence electrons. The van der Waals surface area contributed by atoms with E-state index in [1.165, 1.54) is 18.6 Å². The van der Waals surface area contributed by atoms with Gasteiger partial charge < -0.3 is 4.74 Å². The van der Waals surface area contributed by atoms with Crippen LogP contribution in [0.15, 0.2) is 115 Å². The van der Waals surface area contributed by atoms with Crippen LogP contribution in [0.4, 0.5) is 0 Å². The van der Waals surface area contributed by atoms with Gasteiger partial charge in [0, 0.05) is 29.7 Å². The van der Waals surface area contributed by atoms with Crippen molar-refractivity contribution in [3.8, 4) is 22.7 Å². The van der Waals surface area contributed by atoms with E-state index >= 15 is 0 Å². The van der Waals surface area contributed by atoms with Crippen LogP contribution in [0.25, 0.3) is 16.9 Å². The van der Waals surface area contributed by atoms with Gasteiger partial charge in [-0.3, -0.25) is 9.78 Å². The molecule has 0 aliphatic carbocycles. The molecule has 0 spiro atoms. The summed E-state index contributed by atoms with van der Waals surface area (Å²) in [5, 5.41) is 8.90. The number of carbonyl (C=O) groups excluding carboxylic acids is 1. The molecule has 0 bridgehead atoms. The summed E-state index contributed by atoms with van der Waals surface area (Å²) in [6.07, 6.45) is 7.76. The maximum Gasteiger partial charge on any atom is 0.291 e. The Kier molecular flexibility index (Phi) is 6.85. The Labute approximate surface area is 207 Å². The van der Waals surface area contributed by atoms with Crippen molar-refractivity contribution in [3.05, 3.63) is 127 Å². The van der Waals surface area contributed by atoms with Crippen LogP contribution in [0.2, 0.25) is 0 Å². The number of nitrogens with one attached hydrogen (secondary N) is 1. The van der Waals surface area contributed by atoms with Gasteiger partial charge in [-0.05, 0) is 42.0 Å². The number of amides is 1. The van der Waals surface area contributed by atoms with Gasteiger partial charge in [-0.2, -0.15) is 10.2 Å². The van der Waals surface area contributed by atoms with Crippen LogP contribution in [0.1, 0.15) is 21.6 Å². The van der Waals surface area contributed by atoms with E-state index in [1.54, 1.807) is 10.9 Å². The standard InChI is InChI=1S/C28H22N6O2/c35-28(26-18-29-15-16-30-26)32-31-17-23-19-34(24-9-5-2-6-10-24)33-27(23)22-11-13-25(14-12-22)36-20-21-7-3-1-4-8-21/h1-19H,20H2,(H,32,35)/b31-17-. The van der Waals surface area contributed by atoms with Gasteiger partial charge in [-0.15, -0.1) is 0 Å². The number of hydrogen-bond acceptors (Lipinski definition) is 6. The topological polar surface area (TPSA) is 94.3 Å². The molecule has 0 unspecified atom stereocenters. The molecule has 0 radical (unpaired) electrons. The average Bonchev–Trinajstić information content (AvgIpc) is 3.38. The van der Waals surface area contributed by atoms with E-state index < -0.39 is 5.91 Å². The molecule has 1 N–H and O–H groups in total. The second-order valence-corrected chi connectivity index (χ2v) is 7.80. The Morgan fingerprint density at radius 1 is 0.944 bits per heavy atom. The third-order valence-electron chi connectivity index (χ3n) is 5.30. The molecule has 1 amide bonds. The second-order valence-electron chi connectivity index (χ2n) is 7.80. The number of benzene rings is 3. The van der Waals surface area contributed by atoms with Gasteiger partial charge in [0.25, 0.3) is 5.91 Å². The fraction of sp³-hybridized carbons (Fsp3) is 0.0357. The Balaban J connectivity index is 1.37. The van der Waals surface area contributed by atoms with Crippen molar-refractivity contribution in [2.24, 2.45) is 5.10 Å². The van der Waals surface area contributed by atoms with Crippen LogP contribution in [0.3, 0.4) is 0 Å². The smallest absolute Gasteiger partial charge is 0.291 e. The molecular formula is C28H22N6O2. The predicted octanol–water partition coefficient (Wildman–Crippen LogP) is 4.67. The van der Waals surface area contributed by atoms with Crippen LogP contribution in [-0.2, 0) is 6.61 Å². The normalized spacial score (nSPS) is 10.9. The van der Waals surface area contributed by atoms with Gasteiger partial charge in [0.2, 0.25) is 0 Å². The van der Waals surface area contributed by atoms with E-state index in [0.29, 0.717) is 12.3 Å². The Hall–Kier alpha value is -5.11. The lowest BCUT2D eigenvalue weighted by atomic mass is 10.1. The summed E-state index contributed by atoms with van der Waals surface area (Å²) in [6, 6.07) is 27.5. The van der Waals surface area contributed by atoms with Crippen LogP contribution >= 0.6 is 0 Å². The quantitative estimate of drug-likeness (QED) is 0.260. The highest BCUT2D eigenvalue weighted by molar-refractivity contribution is 5.94. The molecule has 0 saturated heterocycles. The molecule has 2 heterocycles. The first-order chi connectivity index (χ1) is 17.8. The number of hydrazone groups is 1. The zero-order chi connectivity index (χ0) is 24.6. The van der Waals surface area contributed by atoms with Crippen molar-refractivity contribution in [2.75, 3.05) is 0 Å². The summed E-state index contributed by atoms with van der Waals surface area (Å²) in [5.74, 6) is 0.313. The highest BCUT2D eigenvalue weighted by Crippen LogP contribution is 2.25. The zero-order valence-electron chi connectivity index (χ0n) is 19.2. The van der Waals surface area contributed by atoms with Gasteiger partial charge in [0.1, 0.15) is 23.7 Å². The minimum absolute atomic E-state index is 0.181. The fourth-order valence-electron chi connectivity index (χ4n) is 3.50. The van der Waals surface area contributed by atoms with Gasteiger partial charge in [-0.1, -0.05) is 48.5 Å². The molecule has 8 nitrogen and oxygen atoms in total. The minimum atomic E-state index is -0.448. The number of nitrogens with zero attached hydrogens (tertiary/aromatic N) is 5. The van der Waals surface area contributed by atoms with E-state index in [9.17, 15) is 4.79 Å². The summed E-state index contributed by atoms with van der Waals surface area (Å²) in [5.41, 5.74) is 7.01. The number of ether oxygens (including phenoxy) is 1. The van der Waals surface area contributed by atoms with E-state index in [-0.39, 0.29) is 5.69 Å². The van der Waals surface area contributed by atoms with Gasteiger partial charge in [0.05, 0.1) is 18.1 Å². The predicted molar refractivity (Wildman–Crippen MR) is 137 cm³/mol. The molecule has 36 heavy (non-hydrogen) atoms. The molecule has 5 rings (SSSR count). The third kappa shape index (κ3) is 5.51. The summed E-state index contributed by atoms with van der Waals surface area (Å²) in [6.45, 7) is 0.492. The third-order valence-corrected chi connectivity index (χ3v) is 5.30. The first kappa shape index (κ1) is 22.7. The maximum atomic E-state index is 12.3. The lowest BCUT2D eigenvalue weighted by Crippen LogP contribution is -2.19. The first-order valence-corrected chi connectivity index (χ1v) is 11.3. The zero-order valence-corrected chi connectivity index (χ0v) is 19.2. The van der Waals surface area contributed by atoms with Crippen LogP contribution in [0, 0.1) is 0 Å². The van der Waals surface area contributed by atoms with Crippen molar-refractivity contribution in [1.29, 1.82) is 0 Å². The van der Waals surface area contributed by atoms with Crippen molar-refractivity contribution in [1.82, 2.24) is 25.2 Å². The Morgan fingerprint density at radius 2 is 1.69 bits per heavy atom.